The van der Waals surface area contributed by atoms with Crippen LogP contribution in [0, 0.1) is 0 Å². The van der Waals surface area contributed by atoms with Crippen molar-refractivity contribution in [2.45, 2.75) is 50.3 Å². The molecule has 0 spiro atoms. The van der Waals surface area contributed by atoms with Crippen LogP contribution in [0.15, 0.2) is 18.2 Å². The molecule has 0 aromatic heterocycles. The van der Waals surface area contributed by atoms with E-state index in [1.54, 1.807) is 11.1 Å². The number of alkyl halides is 1. The zero-order valence-corrected chi connectivity index (χ0v) is 11.2. The van der Waals surface area contributed by atoms with Crippen molar-refractivity contribution >= 4 is 15.9 Å². The third kappa shape index (κ3) is 2.44. The van der Waals surface area contributed by atoms with Crippen LogP contribution in [-0.4, -0.2) is 0 Å². The fourth-order valence-electron chi connectivity index (χ4n) is 2.29. The second kappa shape index (κ2) is 4.69. The van der Waals surface area contributed by atoms with Gasteiger partial charge in [-0.3, -0.25) is 0 Å². The van der Waals surface area contributed by atoms with Crippen molar-refractivity contribution in [1.82, 2.24) is 0 Å². The molecule has 0 saturated heterocycles. The molecule has 82 valence electrons. The second-order valence-corrected chi connectivity index (χ2v) is 5.93. The molecule has 0 fully saturated rings. The van der Waals surface area contributed by atoms with Crippen LogP contribution < -0.4 is 0 Å². The summed E-state index contributed by atoms with van der Waals surface area (Å²) < 4.78 is 0. The third-order valence-electron chi connectivity index (χ3n) is 3.33. The number of benzene rings is 1. The third-order valence-corrected chi connectivity index (χ3v) is 4.28. The normalized spacial score (nSPS) is 21.2. The largest absolute Gasteiger partial charge is 0.0839 e. The Labute approximate surface area is 101 Å². The molecule has 2 rings (SSSR count). The van der Waals surface area contributed by atoms with Gasteiger partial charge in [0.15, 0.2) is 0 Å². The molecule has 0 heterocycles. The smallest absolute Gasteiger partial charge is 0.0398 e. The summed E-state index contributed by atoms with van der Waals surface area (Å²) in [6, 6.07) is 7.05. The zero-order valence-electron chi connectivity index (χ0n) is 9.59. The van der Waals surface area contributed by atoms with Crippen LogP contribution in [0.2, 0.25) is 0 Å². The number of hydrogen-bond donors (Lipinski definition) is 0. The lowest BCUT2D eigenvalue weighted by molar-refractivity contribution is 0.708. The number of fused-ring (bicyclic) bond motifs is 1. The van der Waals surface area contributed by atoms with Gasteiger partial charge < -0.3 is 0 Å². The minimum atomic E-state index is 0.577. The van der Waals surface area contributed by atoms with Gasteiger partial charge in [-0.25, -0.2) is 0 Å². The molecule has 1 aliphatic carbocycles. The molecule has 1 unspecified atom stereocenters. The van der Waals surface area contributed by atoms with Gasteiger partial charge in [0.05, 0.1) is 0 Å². The maximum absolute atomic E-state index is 3.82. The highest BCUT2D eigenvalue weighted by molar-refractivity contribution is 9.09. The first-order chi connectivity index (χ1) is 7.18. The minimum absolute atomic E-state index is 0.577. The SMILES string of the molecule is CC(C)c1ccc2c(c1)C(Br)CCCC2. The van der Waals surface area contributed by atoms with E-state index in [9.17, 15) is 0 Å². The van der Waals surface area contributed by atoms with Crippen molar-refractivity contribution < 1.29 is 0 Å². The molecule has 0 saturated carbocycles. The minimum Gasteiger partial charge on any atom is -0.0839 e. The van der Waals surface area contributed by atoms with E-state index in [0.29, 0.717) is 10.7 Å². The van der Waals surface area contributed by atoms with Gasteiger partial charge >= 0.3 is 0 Å². The maximum Gasteiger partial charge on any atom is 0.0398 e. The van der Waals surface area contributed by atoms with Crippen LogP contribution in [0.3, 0.4) is 0 Å². The van der Waals surface area contributed by atoms with Crippen molar-refractivity contribution in [2.75, 3.05) is 0 Å². The Hall–Kier alpha value is -0.300. The van der Waals surface area contributed by atoms with Crippen LogP contribution in [0.4, 0.5) is 0 Å². The van der Waals surface area contributed by atoms with Crippen LogP contribution in [0.1, 0.15) is 60.5 Å². The standard InChI is InChI=1S/C14H19Br/c1-10(2)12-8-7-11-5-3-4-6-14(15)13(11)9-12/h7-10,14H,3-6H2,1-2H3. The summed E-state index contributed by atoms with van der Waals surface area (Å²) in [5.74, 6) is 0.637. The monoisotopic (exact) mass is 266 g/mol. The van der Waals surface area contributed by atoms with Crippen molar-refractivity contribution in [2.24, 2.45) is 0 Å². The molecular formula is C14H19Br. The molecule has 0 N–H and O–H groups in total. The predicted molar refractivity (Wildman–Crippen MR) is 69.8 cm³/mol. The van der Waals surface area contributed by atoms with Gasteiger partial charge in [0.2, 0.25) is 0 Å². The van der Waals surface area contributed by atoms with Crippen LogP contribution in [0.5, 0.6) is 0 Å². The first-order valence-electron chi connectivity index (χ1n) is 5.95. The first-order valence-corrected chi connectivity index (χ1v) is 6.87. The highest BCUT2D eigenvalue weighted by Gasteiger charge is 2.16. The zero-order chi connectivity index (χ0) is 10.8. The maximum atomic E-state index is 3.82. The Morgan fingerprint density at radius 1 is 1.27 bits per heavy atom. The summed E-state index contributed by atoms with van der Waals surface area (Å²) in [7, 11) is 0. The van der Waals surface area contributed by atoms with Crippen LogP contribution in [-0.2, 0) is 6.42 Å². The van der Waals surface area contributed by atoms with Gasteiger partial charge in [-0.15, -0.1) is 0 Å². The van der Waals surface area contributed by atoms with Crippen molar-refractivity contribution in [3.05, 3.63) is 34.9 Å². The predicted octanol–water partition coefficient (Wildman–Crippen LogP) is 4.97. The lowest BCUT2D eigenvalue weighted by Crippen LogP contribution is -1.97. The van der Waals surface area contributed by atoms with Gasteiger partial charge in [-0.05, 0) is 41.9 Å². The fourth-order valence-corrected chi connectivity index (χ4v) is 3.04. The Balaban J connectivity index is 2.39. The van der Waals surface area contributed by atoms with Gasteiger partial charge in [0, 0.05) is 4.83 Å². The fraction of sp³-hybridized carbons (Fsp3) is 0.571. The van der Waals surface area contributed by atoms with Crippen LogP contribution in [0.25, 0.3) is 0 Å². The van der Waals surface area contributed by atoms with E-state index < -0.39 is 0 Å². The molecule has 0 radical (unpaired) electrons. The molecule has 1 heteroatoms. The van der Waals surface area contributed by atoms with E-state index in [1.165, 1.54) is 31.2 Å². The molecule has 1 aliphatic rings. The molecule has 0 aliphatic heterocycles. The average Bonchev–Trinajstić information content (AvgIpc) is 2.40. The highest BCUT2D eigenvalue weighted by atomic mass is 79.9. The van der Waals surface area contributed by atoms with E-state index in [2.05, 4.69) is 48.0 Å². The summed E-state index contributed by atoms with van der Waals surface area (Å²) >= 11 is 3.82. The number of hydrogen-bond acceptors (Lipinski definition) is 0. The summed E-state index contributed by atoms with van der Waals surface area (Å²) in [6.07, 6.45) is 5.24. The first kappa shape index (κ1) is 11.2. The quantitative estimate of drug-likeness (QED) is 0.497. The van der Waals surface area contributed by atoms with E-state index >= 15 is 0 Å². The molecule has 1 aromatic rings. The molecule has 0 bridgehead atoms. The second-order valence-electron chi connectivity index (χ2n) is 4.83. The summed E-state index contributed by atoms with van der Waals surface area (Å²) in [4.78, 5) is 0.577. The van der Waals surface area contributed by atoms with E-state index in [1.807, 2.05) is 0 Å². The summed E-state index contributed by atoms with van der Waals surface area (Å²) in [6.45, 7) is 4.53. The van der Waals surface area contributed by atoms with E-state index in [-0.39, 0.29) is 0 Å². The Kier molecular flexibility index (Phi) is 3.50. The molecule has 15 heavy (non-hydrogen) atoms. The molecule has 1 atom stereocenters. The molecule has 0 amide bonds. The summed E-state index contributed by atoms with van der Waals surface area (Å²) in [5.41, 5.74) is 4.57. The summed E-state index contributed by atoms with van der Waals surface area (Å²) in [5, 5.41) is 0. The van der Waals surface area contributed by atoms with Gasteiger partial charge in [-0.1, -0.05) is 54.4 Å². The van der Waals surface area contributed by atoms with Gasteiger partial charge in [-0.2, -0.15) is 0 Å². The number of rotatable bonds is 1. The van der Waals surface area contributed by atoms with E-state index in [0.717, 1.165) is 0 Å². The number of halogens is 1. The number of aryl methyl sites for hydroxylation is 1. The molecular weight excluding hydrogens is 248 g/mol. The molecule has 1 aromatic carbocycles. The van der Waals surface area contributed by atoms with Crippen molar-refractivity contribution in [1.29, 1.82) is 0 Å². The van der Waals surface area contributed by atoms with Crippen molar-refractivity contribution in [3.8, 4) is 0 Å². The van der Waals surface area contributed by atoms with E-state index in [4.69, 9.17) is 0 Å². The van der Waals surface area contributed by atoms with Crippen molar-refractivity contribution in [3.63, 3.8) is 0 Å². The lowest BCUT2D eigenvalue weighted by atomic mass is 9.95. The topological polar surface area (TPSA) is 0 Å². The molecule has 0 nitrogen and oxygen atoms in total. The Morgan fingerprint density at radius 3 is 2.80 bits per heavy atom. The van der Waals surface area contributed by atoms with Crippen LogP contribution >= 0.6 is 15.9 Å². The lowest BCUT2D eigenvalue weighted by Gasteiger charge is -2.14. The van der Waals surface area contributed by atoms with Gasteiger partial charge in [0.1, 0.15) is 0 Å². The average molecular weight is 267 g/mol. The Bertz CT molecular complexity index is 341. The Morgan fingerprint density at radius 2 is 2.07 bits per heavy atom. The van der Waals surface area contributed by atoms with Gasteiger partial charge in [0.25, 0.3) is 0 Å². The highest BCUT2D eigenvalue weighted by Crippen LogP contribution is 2.36.